The maximum atomic E-state index is 12.5. The van der Waals surface area contributed by atoms with Crippen LogP contribution in [0.15, 0.2) is 77.7 Å². The molecular weight excluding hydrogens is 388 g/mol. The van der Waals surface area contributed by atoms with E-state index in [0.29, 0.717) is 17.8 Å². The summed E-state index contributed by atoms with van der Waals surface area (Å²) in [6, 6.07) is 20.3. The molecule has 0 aromatic heterocycles. The van der Waals surface area contributed by atoms with E-state index >= 15 is 0 Å². The molecule has 0 atom stereocenters. The largest absolute Gasteiger partial charge is 0.497 e. The Labute approximate surface area is 170 Å². The van der Waals surface area contributed by atoms with Gasteiger partial charge in [-0.25, -0.2) is 8.42 Å². The van der Waals surface area contributed by atoms with E-state index in [1.54, 1.807) is 19.2 Å². The van der Waals surface area contributed by atoms with Crippen molar-refractivity contribution in [1.82, 2.24) is 5.32 Å². The molecule has 0 aliphatic heterocycles. The highest BCUT2D eigenvalue weighted by molar-refractivity contribution is 7.92. The molecule has 0 aliphatic carbocycles. The lowest BCUT2D eigenvalue weighted by molar-refractivity contribution is 0.0951. The van der Waals surface area contributed by atoms with Gasteiger partial charge in [0.25, 0.3) is 15.9 Å². The molecule has 0 radical (unpaired) electrons. The Balaban J connectivity index is 1.63. The summed E-state index contributed by atoms with van der Waals surface area (Å²) in [5.41, 5.74) is 2.84. The van der Waals surface area contributed by atoms with E-state index in [9.17, 15) is 13.2 Å². The SMILES string of the molecule is COc1ccc(CNC(=O)c2ccc(S(=O)(=O)Nc3ccc(C)cc3)cc2)cc1. The van der Waals surface area contributed by atoms with Crippen molar-refractivity contribution in [2.24, 2.45) is 0 Å². The van der Waals surface area contributed by atoms with E-state index in [1.165, 1.54) is 24.3 Å². The third kappa shape index (κ3) is 5.36. The Morgan fingerprint density at radius 3 is 2.10 bits per heavy atom. The fraction of sp³-hybridized carbons (Fsp3) is 0.136. The van der Waals surface area contributed by atoms with E-state index in [1.807, 2.05) is 43.3 Å². The summed E-state index contributed by atoms with van der Waals surface area (Å²) in [5.74, 6) is 0.465. The van der Waals surface area contributed by atoms with Gasteiger partial charge in [-0.2, -0.15) is 0 Å². The van der Waals surface area contributed by atoms with Crippen LogP contribution in [0, 0.1) is 6.92 Å². The number of rotatable bonds is 7. The summed E-state index contributed by atoms with van der Waals surface area (Å²) in [5, 5.41) is 2.81. The van der Waals surface area contributed by atoms with Gasteiger partial charge in [-0.05, 0) is 61.0 Å². The van der Waals surface area contributed by atoms with E-state index in [0.717, 1.165) is 16.9 Å². The molecule has 3 aromatic rings. The van der Waals surface area contributed by atoms with Crippen LogP contribution in [0.5, 0.6) is 5.75 Å². The number of benzene rings is 3. The Morgan fingerprint density at radius 1 is 0.897 bits per heavy atom. The first-order valence-electron chi connectivity index (χ1n) is 8.98. The number of anilines is 1. The van der Waals surface area contributed by atoms with Crippen LogP contribution in [-0.2, 0) is 16.6 Å². The molecule has 0 aliphatic rings. The van der Waals surface area contributed by atoms with E-state index in [-0.39, 0.29) is 10.8 Å². The molecule has 3 rings (SSSR count). The van der Waals surface area contributed by atoms with E-state index < -0.39 is 10.0 Å². The van der Waals surface area contributed by atoms with Crippen LogP contribution in [0.4, 0.5) is 5.69 Å². The standard InChI is InChI=1S/C22H22N2O4S/c1-16-3-9-19(10-4-16)24-29(26,27)21-13-7-18(8-14-21)22(25)23-15-17-5-11-20(28-2)12-6-17/h3-14,24H,15H2,1-2H3,(H,23,25). The first-order chi connectivity index (χ1) is 13.9. The number of sulfonamides is 1. The van der Waals surface area contributed by atoms with Gasteiger partial charge in [0, 0.05) is 17.8 Å². The molecule has 0 bridgehead atoms. The van der Waals surface area contributed by atoms with E-state index in [4.69, 9.17) is 4.74 Å². The highest BCUT2D eigenvalue weighted by Gasteiger charge is 2.15. The predicted molar refractivity (Wildman–Crippen MR) is 113 cm³/mol. The third-order valence-electron chi connectivity index (χ3n) is 4.34. The smallest absolute Gasteiger partial charge is 0.261 e. The van der Waals surface area contributed by atoms with Crippen molar-refractivity contribution >= 4 is 21.6 Å². The number of hydrogen-bond donors (Lipinski definition) is 2. The molecule has 0 saturated heterocycles. The van der Waals surface area contributed by atoms with Gasteiger partial charge >= 0.3 is 0 Å². The van der Waals surface area contributed by atoms with Crippen molar-refractivity contribution in [3.05, 3.63) is 89.5 Å². The Bertz CT molecular complexity index is 1080. The molecule has 6 nitrogen and oxygen atoms in total. The van der Waals surface area contributed by atoms with Crippen molar-refractivity contribution in [3.63, 3.8) is 0 Å². The van der Waals surface area contributed by atoms with Crippen molar-refractivity contribution in [3.8, 4) is 5.75 Å². The van der Waals surface area contributed by atoms with Gasteiger partial charge in [0.05, 0.1) is 12.0 Å². The molecule has 0 spiro atoms. The zero-order valence-electron chi connectivity index (χ0n) is 16.2. The molecule has 0 saturated carbocycles. The normalized spacial score (nSPS) is 11.0. The maximum Gasteiger partial charge on any atom is 0.261 e. The van der Waals surface area contributed by atoms with Crippen molar-refractivity contribution in [1.29, 1.82) is 0 Å². The number of carbonyl (C=O) groups is 1. The number of methoxy groups -OCH3 is 1. The highest BCUT2D eigenvalue weighted by Crippen LogP contribution is 2.17. The zero-order chi connectivity index (χ0) is 20.9. The van der Waals surface area contributed by atoms with Crippen LogP contribution in [0.2, 0.25) is 0 Å². The third-order valence-corrected chi connectivity index (χ3v) is 5.74. The number of carbonyl (C=O) groups excluding carboxylic acids is 1. The molecule has 7 heteroatoms. The van der Waals surface area contributed by atoms with Crippen LogP contribution in [0.25, 0.3) is 0 Å². The first-order valence-corrected chi connectivity index (χ1v) is 10.5. The number of amides is 1. The zero-order valence-corrected chi connectivity index (χ0v) is 17.0. The molecular formula is C22H22N2O4S. The number of ether oxygens (including phenoxy) is 1. The number of aryl methyl sites for hydroxylation is 1. The molecule has 3 aromatic carbocycles. The molecule has 29 heavy (non-hydrogen) atoms. The summed E-state index contributed by atoms with van der Waals surface area (Å²) >= 11 is 0. The predicted octanol–water partition coefficient (Wildman–Crippen LogP) is 3.73. The van der Waals surface area contributed by atoms with Gasteiger partial charge in [-0.15, -0.1) is 0 Å². The quantitative estimate of drug-likeness (QED) is 0.622. The fourth-order valence-electron chi connectivity index (χ4n) is 2.65. The van der Waals surface area contributed by atoms with Crippen molar-refractivity contribution in [2.45, 2.75) is 18.4 Å². The van der Waals surface area contributed by atoms with Crippen LogP contribution < -0.4 is 14.8 Å². The van der Waals surface area contributed by atoms with E-state index in [2.05, 4.69) is 10.0 Å². The molecule has 150 valence electrons. The topological polar surface area (TPSA) is 84.5 Å². The first kappa shape index (κ1) is 20.4. The van der Waals surface area contributed by atoms with Gasteiger partial charge < -0.3 is 10.1 Å². The van der Waals surface area contributed by atoms with Crippen LogP contribution in [-0.4, -0.2) is 21.4 Å². The van der Waals surface area contributed by atoms with Gasteiger partial charge in [-0.1, -0.05) is 29.8 Å². The van der Waals surface area contributed by atoms with Gasteiger partial charge in [-0.3, -0.25) is 9.52 Å². The molecule has 0 fully saturated rings. The highest BCUT2D eigenvalue weighted by atomic mass is 32.2. The lowest BCUT2D eigenvalue weighted by atomic mass is 10.2. The van der Waals surface area contributed by atoms with Crippen molar-refractivity contribution < 1.29 is 17.9 Å². The lowest BCUT2D eigenvalue weighted by Crippen LogP contribution is -2.23. The Kier molecular flexibility index (Phi) is 6.19. The Hall–Kier alpha value is -3.32. The maximum absolute atomic E-state index is 12.5. The molecule has 1 amide bonds. The second-order valence-electron chi connectivity index (χ2n) is 6.53. The number of nitrogens with one attached hydrogen (secondary N) is 2. The van der Waals surface area contributed by atoms with Crippen molar-refractivity contribution in [2.75, 3.05) is 11.8 Å². The molecule has 2 N–H and O–H groups in total. The van der Waals surface area contributed by atoms with Gasteiger partial charge in [0.2, 0.25) is 0 Å². The second-order valence-corrected chi connectivity index (χ2v) is 8.21. The van der Waals surface area contributed by atoms with Crippen LogP contribution in [0.3, 0.4) is 0 Å². The second kappa shape index (κ2) is 8.79. The Morgan fingerprint density at radius 2 is 1.52 bits per heavy atom. The average molecular weight is 410 g/mol. The summed E-state index contributed by atoms with van der Waals surface area (Å²) in [6.45, 7) is 2.29. The van der Waals surface area contributed by atoms with Crippen LogP contribution in [0.1, 0.15) is 21.5 Å². The summed E-state index contributed by atoms with van der Waals surface area (Å²) < 4.78 is 32.6. The minimum atomic E-state index is -3.72. The molecule has 0 heterocycles. The molecule has 0 unspecified atom stereocenters. The lowest BCUT2D eigenvalue weighted by Gasteiger charge is -2.10. The van der Waals surface area contributed by atoms with Crippen LogP contribution >= 0.6 is 0 Å². The monoisotopic (exact) mass is 410 g/mol. The summed E-state index contributed by atoms with van der Waals surface area (Å²) in [7, 11) is -2.13. The summed E-state index contributed by atoms with van der Waals surface area (Å²) in [6.07, 6.45) is 0. The van der Waals surface area contributed by atoms with Gasteiger partial charge in [0.15, 0.2) is 0 Å². The number of hydrogen-bond acceptors (Lipinski definition) is 4. The fourth-order valence-corrected chi connectivity index (χ4v) is 3.71. The summed E-state index contributed by atoms with van der Waals surface area (Å²) in [4.78, 5) is 12.4. The average Bonchev–Trinajstić information content (AvgIpc) is 2.74. The van der Waals surface area contributed by atoms with Gasteiger partial charge in [0.1, 0.15) is 5.75 Å². The minimum absolute atomic E-state index is 0.0878. The minimum Gasteiger partial charge on any atom is -0.497 e.